The molecule has 1 N–H and O–H groups in total. The van der Waals surface area contributed by atoms with Gasteiger partial charge in [0.2, 0.25) is 5.71 Å². The highest BCUT2D eigenvalue weighted by molar-refractivity contribution is 6.43. The van der Waals surface area contributed by atoms with Crippen molar-refractivity contribution >= 4 is 11.7 Å². The van der Waals surface area contributed by atoms with Crippen LogP contribution in [-0.2, 0) is 9.63 Å². The zero-order valence-corrected chi connectivity index (χ0v) is 11.1. The first-order valence-corrected chi connectivity index (χ1v) is 5.99. The van der Waals surface area contributed by atoms with Gasteiger partial charge in [0.25, 0.3) is 0 Å². The number of hydrogen-bond donors (Lipinski definition) is 1. The molecule has 0 aliphatic heterocycles. The van der Waals surface area contributed by atoms with Crippen LogP contribution in [-0.4, -0.2) is 23.9 Å². The van der Waals surface area contributed by atoms with Crippen molar-refractivity contribution in [3.63, 3.8) is 0 Å². The van der Waals surface area contributed by atoms with E-state index in [0.717, 1.165) is 6.07 Å². The minimum Gasteiger partial charge on any atom is -0.476 e. The molecule has 2 rings (SSSR count). The molecular formula is C15H12FNO4. The number of aliphatic carboxylic acids is 1. The number of benzene rings is 2. The van der Waals surface area contributed by atoms with Crippen LogP contribution in [0.15, 0.2) is 53.7 Å². The zero-order chi connectivity index (χ0) is 15.2. The molecule has 0 atom stereocenters. The fourth-order valence-corrected chi connectivity index (χ4v) is 1.72. The largest absolute Gasteiger partial charge is 0.476 e. The number of carboxylic acids is 1. The summed E-state index contributed by atoms with van der Waals surface area (Å²) in [5.41, 5.74) is -0.836. The predicted octanol–water partition coefficient (Wildman–Crippen LogP) is 3.05. The SMILES string of the molecule is CON=C(C(=O)O)c1c(F)cccc1Oc1ccccc1. The number of rotatable bonds is 5. The molecule has 0 unspecified atom stereocenters. The summed E-state index contributed by atoms with van der Waals surface area (Å²) in [6, 6.07) is 12.6. The second-order valence-electron chi connectivity index (χ2n) is 3.96. The molecule has 0 bridgehead atoms. The molecule has 5 nitrogen and oxygen atoms in total. The maximum Gasteiger partial charge on any atom is 0.358 e. The maximum absolute atomic E-state index is 14.0. The monoisotopic (exact) mass is 289 g/mol. The highest BCUT2D eigenvalue weighted by atomic mass is 19.1. The number of para-hydroxylation sites is 1. The lowest BCUT2D eigenvalue weighted by molar-refractivity contribution is -0.129. The minimum atomic E-state index is -1.42. The van der Waals surface area contributed by atoms with Gasteiger partial charge in [-0.15, -0.1) is 0 Å². The van der Waals surface area contributed by atoms with Gasteiger partial charge < -0.3 is 14.7 Å². The number of hydrogen-bond acceptors (Lipinski definition) is 4. The standard InChI is InChI=1S/C15H12FNO4/c1-20-17-14(15(18)19)13-11(16)8-5-9-12(13)21-10-6-3-2-4-7-10/h2-9H,1H3,(H,18,19). The summed E-state index contributed by atoms with van der Waals surface area (Å²) in [4.78, 5) is 15.7. The fraction of sp³-hybridized carbons (Fsp3) is 0.0667. The number of carboxylic acid groups (broad SMARTS) is 1. The van der Waals surface area contributed by atoms with Crippen LogP contribution >= 0.6 is 0 Å². The Morgan fingerprint density at radius 2 is 1.86 bits per heavy atom. The highest BCUT2D eigenvalue weighted by Crippen LogP contribution is 2.28. The van der Waals surface area contributed by atoms with E-state index in [2.05, 4.69) is 9.99 Å². The Kier molecular flexibility index (Phi) is 4.50. The molecule has 21 heavy (non-hydrogen) atoms. The van der Waals surface area contributed by atoms with E-state index in [1.165, 1.54) is 19.2 Å². The Balaban J connectivity index is 2.50. The van der Waals surface area contributed by atoms with Crippen molar-refractivity contribution < 1.29 is 23.9 Å². The van der Waals surface area contributed by atoms with Gasteiger partial charge in [-0.3, -0.25) is 0 Å². The minimum absolute atomic E-state index is 0.0411. The van der Waals surface area contributed by atoms with Gasteiger partial charge in [0.15, 0.2) is 0 Å². The zero-order valence-electron chi connectivity index (χ0n) is 11.1. The molecule has 0 aliphatic carbocycles. The quantitative estimate of drug-likeness (QED) is 0.678. The molecule has 108 valence electrons. The first kappa shape index (κ1) is 14.5. The molecular weight excluding hydrogens is 277 g/mol. The Labute approximate surface area is 120 Å². The average molecular weight is 289 g/mol. The van der Waals surface area contributed by atoms with E-state index in [4.69, 9.17) is 9.84 Å². The van der Waals surface area contributed by atoms with Crippen molar-refractivity contribution in [1.29, 1.82) is 0 Å². The van der Waals surface area contributed by atoms with Crippen LogP contribution in [0.2, 0.25) is 0 Å². The van der Waals surface area contributed by atoms with E-state index in [9.17, 15) is 9.18 Å². The Morgan fingerprint density at radius 3 is 2.48 bits per heavy atom. The predicted molar refractivity (Wildman–Crippen MR) is 74.1 cm³/mol. The van der Waals surface area contributed by atoms with Crippen LogP contribution < -0.4 is 4.74 Å². The molecule has 0 spiro atoms. The first-order chi connectivity index (χ1) is 10.1. The molecule has 2 aromatic rings. The molecule has 0 saturated carbocycles. The lowest BCUT2D eigenvalue weighted by Crippen LogP contribution is -2.17. The van der Waals surface area contributed by atoms with Crippen LogP contribution in [0.1, 0.15) is 5.56 Å². The van der Waals surface area contributed by atoms with Crippen molar-refractivity contribution in [2.45, 2.75) is 0 Å². The smallest absolute Gasteiger partial charge is 0.358 e. The van der Waals surface area contributed by atoms with Crippen LogP contribution in [0.5, 0.6) is 11.5 Å². The molecule has 0 heterocycles. The van der Waals surface area contributed by atoms with E-state index in [0.29, 0.717) is 5.75 Å². The van der Waals surface area contributed by atoms with E-state index < -0.39 is 17.5 Å². The van der Waals surface area contributed by atoms with Gasteiger partial charge in [-0.2, -0.15) is 0 Å². The highest BCUT2D eigenvalue weighted by Gasteiger charge is 2.23. The van der Waals surface area contributed by atoms with Crippen LogP contribution in [0.3, 0.4) is 0 Å². The summed E-state index contributed by atoms with van der Waals surface area (Å²) in [5, 5.41) is 12.5. The summed E-state index contributed by atoms with van der Waals surface area (Å²) in [6.07, 6.45) is 0. The van der Waals surface area contributed by atoms with E-state index >= 15 is 0 Å². The summed E-state index contributed by atoms with van der Waals surface area (Å²) in [5.74, 6) is -1.69. The molecule has 0 amide bonds. The van der Waals surface area contributed by atoms with Gasteiger partial charge in [-0.25, -0.2) is 9.18 Å². The number of oxime groups is 1. The molecule has 0 fully saturated rings. The maximum atomic E-state index is 14.0. The third kappa shape index (κ3) is 3.36. The average Bonchev–Trinajstić information content (AvgIpc) is 2.47. The van der Waals surface area contributed by atoms with Crippen molar-refractivity contribution in [3.8, 4) is 11.5 Å². The Hall–Kier alpha value is -2.89. The van der Waals surface area contributed by atoms with E-state index in [1.807, 2.05) is 0 Å². The van der Waals surface area contributed by atoms with Crippen molar-refractivity contribution in [1.82, 2.24) is 0 Å². The summed E-state index contributed by atoms with van der Waals surface area (Å²) in [6.45, 7) is 0. The third-order valence-electron chi connectivity index (χ3n) is 2.57. The summed E-state index contributed by atoms with van der Waals surface area (Å²) >= 11 is 0. The van der Waals surface area contributed by atoms with Gasteiger partial charge in [0.1, 0.15) is 24.4 Å². The Bertz CT molecular complexity index is 671. The van der Waals surface area contributed by atoms with Gasteiger partial charge in [0.05, 0.1) is 5.56 Å². The lowest BCUT2D eigenvalue weighted by atomic mass is 10.1. The third-order valence-corrected chi connectivity index (χ3v) is 2.57. The molecule has 0 aromatic heterocycles. The summed E-state index contributed by atoms with van der Waals surface area (Å²) < 4.78 is 19.5. The molecule has 0 aliphatic rings. The normalized spacial score (nSPS) is 11.0. The van der Waals surface area contributed by atoms with Gasteiger partial charge in [-0.1, -0.05) is 29.4 Å². The van der Waals surface area contributed by atoms with E-state index in [1.54, 1.807) is 30.3 Å². The lowest BCUT2D eigenvalue weighted by Gasteiger charge is -2.11. The second kappa shape index (κ2) is 6.51. The van der Waals surface area contributed by atoms with Crippen LogP contribution in [0, 0.1) is 5.82 Å². The Morgan fingerprint density at radius 1 is 1.14 bits per heavy atom. The number of carbonyl (C=O) groups is 1. The first-order valence-electron chi connectivity index (χ1n) is 5.99. The number of ether oxygens (including phenoxy) is 1. The van der Waals surface area contributed by atoms with Crippen molar-refractivity contribution in [2.75, 3.05) is 7.11 Å². The molecule has 6 heteroatoms. The molecule has 2 aromatic carbocycles. The van der Waals surface area contributed by atoms with Gasteiger partial charge >= 0.3 is 5.97 Å². The van der Waals surface area contributed by atoms with Crippen molar-refractivity contribution in [3.05, 3.63) is 59.9 Å². The van der Waals surface area contributed by atoms with Gasteiger partial charge in [-0.05, 0) is 24.3 Å². The van der Waals surface area contributed by atoms with Crippen LogP contribution in [0.4, 0.5) is 4.39 Å². The van der Waals surface area contributed by atoms with Crippen molar-refractivity contribution in [2.24, 2.45) is 5.16 Å². The second-order valence-corrected chi connectivity index (χ2v) is 3.96. The summed E-state index contributed by atoms with van der Waals surface area (Å²) in [7, 11) is 1.18. The van der Waals surface area contributed by atoms with Crippen LogP contribution in [0.25, 0.3) is 0 Å². The fourth-order valence-electron chi connectivity index (χ4n) is 1.72. The molecule has 0 radical (unpaired) electrons. The number of nitrogens with zero attached hydrogens (tertiary/aromatic N) is 1. The van der Waals surface area contributed by atoms with Gasteiger partial charge in [0, 0.05) is 0 Å². The van der Waals surface area contributed by atoms with E-state index in [-0.39, 0.29) is 11.3 Å². The molecule has 0 saturated heterocycles. The number of halogens is 1. The topological polar surface area (TPSA) is 68.1 Å².